The third-order valence-electron chi connectivity index (χ3n) is 5.41. The van der Waals surface area contributed by atoms with E-state index < -0.39 is 17.9 Å². The molecule has 1 aromatic heterocycles. The molecule has 0 saturated heterocycles. The van der Waals surface area contributed by atoms with E-state index in [1.165, 1.54) is 21.9 Å². The van der Waals surface area contributed by atoms with Gasteiger partial charge >= 0.3 is 5.97 Å². The zero-order chi connectivity index (χ0) is 24.1. The molecule has 2 atom stereocenters. The summed E-state index contributed by atoms with van der Waals surface area (Å²) >= 11 is 15.7. The molecular weight excluding hydrogens is 511 g/mol. The Balaban J connectivity index is 1.66. The first-order chi connectivity index (χ1) is 16.4. The molecule has 2 N–H and O–H groups in total. The highest BCUT2D eigenvalue weighted by atomic mass is 35.5. The second-order valence-corrected chi connectivity index (χ2v) is 10.9. The number of carbonyl (C=O) groups is 2. The van der Waals surface area contributed by atoms with Gasteiger partial charge in [0.1, 0.15) is 6.04 Å². The molecule has 4 rings (SSSR count). The Morgan fingerprint density at radius 1 is 1.12 bits per heavy atom. The minimum atomic E-state index is -1.07. The van der Waals surface area contributed by atoms with Gasteiger partial charge in [0.25, 0.3) is 5.91 Å². The lowest BCUT2D eigenvalue weighted by Gasteiger charge is -2.29. The van der Waals surface area contributed by atoms with Crippen LogP contribution in [0.15, 0.2) is 72.3 Å². The summed E-state index contributed by atoms with van der Waals surface area (Å²) < 4.78 is 0. The lowest BCUT2D eigenvalue weighted by Crippen LogP contribution is -2.46. The predicted molar refractivity (Wildman–Crippen MR) is 140 cm³/mol. The van der Waals surface area contributed by atoms with Crippen molar-refractivity contribution in [3.63, 3.8) is 0 Å². The number of benzene rings is 2. The van der Waals surface area contributed by atoms with Crippen LogP contribution >= 0.6 is 46.3 Å². The van der Waals surface area contributed by atoms with E-state index in [1.54, 1.807) is 29.2 Å². The number of amides is 1. The van der Waals surface area contributed by atoms with E-state index >= 15 is 0 Å². The molecule has 2 aromatic carbocycles. The number of thioether (sulfide) groups is 1. The number of aliphatic carboxylic acids is 1. The topological polar surface area (TPSA) is 69.6 Å². The van der Waals surface area contributed by atoms with E-state index in [9.17, 15) is 14.7 Å². The molecule has 0 saturated carbocycles. The van der Waals surface area contributed by atoms with Gasteiger partial charge in [0.05, 0.1) is 22.4 Å². The van der Waals surface area contributed by atoms with Crippen LogP contribution in [0.2, 0.25) is 10.0 Å². The Bertz CT molecular complexity index is 1200. The van der Waals surface area contributed by atoms with Crippen molar-refractivity contribution in [2.45, 2.75) is 24.3 Å². The molecule has 2 heterocycles. The molecule has 5 nitrogen and oxygen atoms in total. The monoisotopic (exact) mass is 532 g/mol. The van der Waals surface area contributed by atoms with Crippen molar-refractivity contribution < 1.29 is 14.7 Å². The Morgan fingerprint density at radius 3 is 2.59 bits per heavy atom. The Morgan fingerprint density at radius 2 is 1.91 bits per heavy atom. The maximum atomic E-state index is 13.6. The third kappa shape index (κ3) is 5.96. The Kier molecular flexibility index (Phi) is 8.21. The second kappa shape index (κ2) is 11.3. The van der Waals surface area contributed by atoms with Crippen molar-refractivity contribution in [3.05, 3.63) is 103 Å². The number of nitrogens with zero attached hydrogens (tertiary/aromatic N) is 1. The molecule has 2 unspecified atom stereocenters. The normalized spacial score (nSPS) is 16.0. The number of carbonyl (C=O) groups excluding carboxylic acids is 1. The lowest BCUT2D eigenvalue weighted by molar-refractivity contribution is -0.142. The van der Waals surface area contributed by atoms with Crippen molar-refractivity contribution >= 4 is 58.2 Å². The molecule has 9 heteroatoms. The van der Waals surface area contributed by atoms with Crippen LogP contribution in [0.5, 0.6) is 0 Å². The molecule has 0 spiro atoms. The number of thiophene rings is 1. The number of carboxylic acids is 1. The summed E-state index contributed by atoms with van der Waals surface area (Å²) in [5.41, 5.74) is 1.05. The lowest BCUT2D eigenvalue weighted by atomic mass is 10.0. The van der Waals surface area contributed by atoms with Crippen LogP contribution in [0.3, 0.4) is 0 Å². The Hall–Kier alpha value is -2.45. The minimum Gasteiger partial charge on any atom is -0.480 e. The number of rotatable bonds is 8. The summed E-state index contributed by atoms with van der Waals surface area (Å²) in [6.45, 7) is 0.975. The predicted octanol–water partition coefficient (Wildman–Crippen LogP) is 6.24. The molecule has 0 aliphatic carbocycles. The van der Waals surface area contributed by atoms with Gasteiger partial charge in [-0.05, 0) is 41.3 Å². The van der Waals surface area contributed by atoms with Gasteiger partial charge in [-0.15, -0.1) is 23.1 Å². The highest BCUT2D eigenvalue weighted by molar-refractivity contribution is 8.02. The number of hydrogen-bond donors (Lipinski definition) is 2. The van der Waals surface area contributed by atoms with E-state index in [1.807, 2.05) is 54.1 Å². The van der Waals surface area contributed by atoms with E-state index in [4.69, 9.17) is 23.2 Å². The molecule has 34 heavy (non-hydrogen) atoms. The molecule has 1 aliphatic rings. The summed E-state index contributed by atoms with van der Waals surface area (Å²) in [5.74, 6) is -1.52. The van der Waals surface area contributed by atoms with Crippen LogP contribution in [0.4, 0.5) is 0 Å². The summed E-state index contributed by atoms with van der Waals surface area (Å²) in [4.78, 5) is 29.5. The fraction of sp³-hybridized carbons (Fsp3) is 0.200. The highest BCUT2D eigenvalue weighted by Crippen LogP contribution is 2.36. The molecule has 1 amide bonds. The molecule has 0 bridgehead atoms. The quantitative estimate of drug-likeness (QED) is 0.359. The van der Waals surface area contributed by atoms with Crippen LogP contribution in [0.25, 0.3) is 0 Å². The van der Waals surface area contributed by atoms with Gasteiger partial charge in [-0.25, -0.2) is 4.79 Å². The first-order valence-electron chi connectivity index (χ1n) is 10.6. The fourth-order valence-electron chi connectivity index (χ4n) is 3.70. The van der Waals surface area contributed by atoms with Crippen LogP contribution in [-0.2, 0) is 17.8 Å². The summed E-state index contributed by atoms with van der Waals surface area (Å²) in [7, 11) is 0. The molecule has 0 fully saturated rings. The average molecular weight is 534 g/mol. The summed E-state index contributed by atoms with van der Waals surface area (Å²) in [6, 6.07) is 16.8. The molecule has 1 aliphatic heterocycles. The van der Waals surface area contributed by atoms with Crippen LogP contribution in [-0.4, -0.2) is 34.5 Å². The van der Waals surface area contributed by atoms with Gasteiger partial charge in [0.15, 0.2) is 0 Å². The Labute approximate surface area is 216 Å². The number of hydrogen-bond acceptors (Lipinski definition) is 5. The highest BCUT2D eigenvalue weighted by Gasteiger charge is 2.32. The molecule has 3 aromatic rings. The number of nitrogens with one attached hydrogen (secondary N) is 1. The van der Waals surface area contributed by atoms with E-state index in [0.717, 1.165) is 17.0 Å². The largest absolute Gasteiger partial charge is 0.480 e. The molecule has 0 radical (unpaired) electrons. The average Bonchev–Trinajstić information content (AvgIpc) is 3.31. The van der Waals surface area contributed by atoms with Crippen molar-refractivity contribution in [1.82, 2.24) is 10.2 Å². The van der Waals surface area contributed by atoms with E-state index in [2.05, 4.69) is 5.32 Å². The fourth-order valence-corrected chi connectivity index (χ4v) is 6.27. The first-order valence-corrected chi connectivity index (χ1v) is 13.1. The zero-order valence-corrected chi connectivity index (χ0v) is 21.1. The smallest absolute Gasteiger partial charge is 0.326 e. The van der Waals surface area contributed by atoms with Crippen molar-refractivity contribution in [3.8, 4) is 0 Å². The van der Waals surface area contributed by atoms with Gasteiger partial charge in [-0.2, -0.15) is 0 Å². The maximum Gasteiger partial charge on any atom is 0.326 e. The number of halogens is 2. The summed E-state index contributed by atoms with van der Waals surface area (Å²) in [5, 5.41) is 16.3. The van der Waals surface area contributed by atoms with E-state index in [-0.39, 0.29) is 28.8 Å². The minimum absolute atomic E-state index is 0.160. The van der Waals surface area contributed by atoms with Crippen molar-refractivity contribution in [2.75, 3.05) is 6.54 Å². The van der Waals surface area contributed by atoms with Crippen molar-refractivity contribution in [2.24, 2.45) is 0 Å². The maximum absolute atomic E-state index is 13.6. The zero-order valence-electron chi connectivity index (χ0n) is 18.0. The second-order valence-electron chi connectivity index (χ2n) is 7.74. The van der Waals surface area contributed by atoms with Crippen molar-refractivity contribution in [1.29, 1.82) is 0 Å². The third-order valence-corrected chi connectivity index (χ3v) is 8.34. The van der Waals surface area contributed by atoms with Gasteiger partial charge < -0.3 is 15.3 Å². The van der Waals surface area contributed by atoms with Gasteiger partial charge in [0.2, 0.25) is 0 Å². The van der Waals surface area contributed by atoms with Gasteiger partial charge in [0, 0.05) is 33.9 Å². The van der Waals surface area contributed by atoms with Crippen LogP contribution in [0.1, 0.15) is 30.9 Å². The van der Waals surface area contributed by atoms with Crippen LogP contribution < -0.4 is 5.32 Å². The van der Waals surface area contributed by atoms with E-state index in [0.29, 0.717) is 5.02 Å². The van der Waals surface area contributed by atoms with Crippen LogP contribution in [0, 0.1) is 0 Å². The standard InChI is InChI=1S/C25H22Cl2N2O3S2/c26-17-6-8-19(20(27)13-17)24(30)29(21(25(31)32)12-16-4-2-1-3-5-16)15-18-7-9-22(34-18)23-14-28-10-11-33-23/h1-11,13,21,23,28H,12,14-15H2,(H,31,32). The first kappa shape index (κ1) is 24.7. The SMILES string of the molecule is O=C(O)C(Cc1ccccc1)N(Cc1ccc(C2CNC=CS2)s1)C(=O)c1ccc(Cl)cc1Cl. The summed E-state index contributed by atoms with van der Waals surface area (Å²) in [6.07, 6.45) is 2.10. The van der Waals surface area contributed by atoms with Gasteiger partial charge in [-0.3, -0.25) is 4.79 Å². The molecule has 176 valence electrons. The van der Waals surface area contributed by atoms with Gasteiger partial charge in [-0.1, -0.05) is 53.5 Å². The number of carboxylic acid groups (broad SMARTS) is 1. The molecular formula is C25H22Cl2N2O3S2.